The highest BCUT2D eigenvalue weighted by Gasteiger charge is 1.99. The molecule has 0 aliphatic heterocycles. The lowest BCUT2D eigenvalue weighted by Gasteiger charge is -1.94. The number of primary amides is 1. The third-order valence-electron chi connectivity index (χ3n) is 1.62. The topological polar surface area (TPSA) is 43.1 Å². The molecule has 2 N–H and O–H groups in total. The van der Waals surface area contributed by atoms with Crippen molar-refractivity contribution in [2.75, 3.05) is 0 Å². The Balaban J connectivity index is 3.40. The van der Waals surface area contributed by atoms with E-state index in [-0.39, 0.29) is 0 Å². The van der Waals surface area contributed by atoms with E-state index in [1.807, 2.05) is 0 Å². The van der Waals surface area contributed by atoms with E-state index in [2.05, 4.69) is 6.92 Å². The molecule has 0 unspecified atom stereocenters. The molecule has 0 atom stereocenters. The zero-order chi connectivity index (χ0) is 9.40. The van der Waals surface area contributed by atoms with Crippen molar-refractivity contribution in [2.45, 2.75) is 39.0 Å². The lowest BCUT2D eigenvalue weighted by molar-refractivity contribution is -0.115. The van der Waals surface area contributed by atoms with Gasteiger partial charge in [-0.1, -0.05) is 26.2 Å². The normalized spacial score (nSPS) is 11.7. The van der Waals surface area contributed by atoms with Crippen molar-refractivity contribution in [3.8, 4) is 0 Å². The molecular weight excluding hydrogens is 157 g/mol. The van der Waals surface area contributed by atoms with Crippen LogP contribution in [-0.2, 0) is 4.79 Å². The molecule has 0 aliphatic rings. The summed E-state index contributed by atoms with van der Waals surface area (Å²) in [6.45, 7) is 2.11. The SMILES string of the molecule is CCCCCC/C=C(\F)C(N)=O. The summed E-state index contributed by atoms with van der Waals surface area (Å²) < 4.78 is 12.4. The number of hydrogen-bond donors (Lipinski definition) is 1. The molecule has 12 heavy (non-hydrogen) atoms. The molecule has 0 rings (SSSR count). The lowest BCUT2D eigenvalue weighted by atomic mass is 10.1. The van der Waals surface area contributed by atoms with E-state index in [1.165, 1.54) is 6.08 Å². The van der Waals surface area contributed by atoms with Gasteiger partial charge in [-0.15, -0.1) is 0 Å². The van der Waals surface area contributed by atoms with Gasteiger partial charge in [-0.25, -0.2) is 4.39 Å². The van der Waals surface area contributed by atoms with E-state index in [4.69, 9.17) is 5.73 Å². The molecule has 70 valence electrons. The summed E-state index contributed by atoms with van der Waals surface area (Å²) in [7, 11) is 0. The van der Waals surface area contributed by atoms with Crippen LogP contribution in [0, 0.1) is 0 Å². The molecule has 0 aromatic heterocycles. The summed E-state index contributed by atoms with van der Waals surface area (Å²) in [5.74, 6) is -1.78. The van der Waals surface area contributed by atoms with Gasteiger partial charge in [0.05, 0.1) is 0 Å². The van der Waals surface area contributed by atoms with Gasteiger partial charge in [0.2, 0.25) is 0 Å². The van der Waals surface area contributed by atoms with Gasteiger partial charge in [0.25, 0.3) is 5.91 Å². The Bertz CT molecular complexity index is 166. The maximum Gasteiger partial charge on any atom is 0.277 e. The first-order valence-electron chi connectivity index (χ1n) is 4.34. The van der Waals surface area contributed by atoms with Gasteiger partial charge < -0.3 is 5.73 Å². The van der Waals surface area contributed by atoms with E-state index in [1.54, 1.807) is 0 Å². The Hall–Kier alpha value is -0.860. The smallest absolute Gasteiger partial charge is 0.277 e. The zero-order valence-electron chi connectivity index (χ0n) is 7.48. The Morgan fingerprint density at radius 3 is 2.58 bits per heavy atom. The zero-order valence-corrected chi connectivity index (χ0v) is 7.48. The highest BCUT2D eigenvalue weighted by atomic mass is 19.1. The molecule has 0 saturated heterocycles. The molecule has 2 nitrogen and oxygen atoms in total. The Labute approximate surface area is 72.6 Å². The van der Waals surface area contributed by atoms with E-state index < -0.39 is 11.7 Å². The van der Waals surface area contributed by atoms with Crippen LogP contribution in [0.2, 0.25) is 0 Å². The van der Waals surface area contributed by atoms with Crippen molar-refractivity contribution in [3.63, 3.8) is 0 Å². The molecule has 3 heteroatoms. The van der Waals surface area contributed by atoms with Gasteiger partial charge in [0, 0.05) is 0 Å². The second-order valence-corrected chi connectivity index (χ2v) is 2.77. The summed E-state index contributed by atoms with van der Waals surface area (Å²) in [6.07, 6.45) is 6.19. The second kappa shape index (κ2) is 6.83. The van der Waals surface area contributed by atoms with Crippen molar-refractivity contribution >= 4 is 5.91 Å². The quantitative estimate of drug-likeness (QED) is 0.486. The fourth-order valence-electron chi connectivity index (χ4n) is 0.900. The number of unbranched alkanes of at least 4 members (excludes halogenated alkanes) is 4. The van der Waals surface area contributed by atoms with Gasteiger partial charge >= 0.3 is 0 Å². The minimum absolute atomic E-state index is 0.606. The van der Waals surface area contributed by atoms with Crippen LogP contribution in [0.1, 0.15) is 39.0 Å². The highest BCUT2D eigenvalue weighted by molar-refractivity contribution is 5.89. The fraction of sp³-hybridized carbons (Fsp3) is 0.667. The minimum Gasteiger partial charge on any atom is -0.364 e. The van der Waals surface area contributed by atoms with Gasteiger partial charge in [-0.3, -0.25) is 4.79 Å². The number of carbonyl (C=O) groups is 1. The maximum absolute atomic E-state index is 12.4. The van der Waals surface area contributed by atoms with Crippen LogP contribution in [0.3, 0.4) is 0 Å². The van der Waals surface area contributed by atoms with E-state index >= 15 is 0 Å². The van der Waals surface area contributed by atoms with Crippen LogP contribution < -0.4 is 5.73 Å². The van der Waals surface area contributed by atoms with Crippen molar-refractivity contribution < 1.29 is 9.18 Å². The number of rotatable bonds is 6. The number of allylic oxidation sites excluding steroid dienone is 1. The summed E-state index contributed by atoms with van der Waals surface area (Å²) in [6, 6.07) is 0. The Kier molecular flexibility index (Phi) is 6.34. The predicted molar refractivity (Wildman–Crippen MR) is 47.1 cm³/mol. The molecule has 1 amide bonds. The first-order valence-corrected chi connectivity index (χ1v) is 4.34. The first kappa shape index (κ1) is 11.1. The third-order valence-corrected chi connectivity index (χ3v) is 1.62. The van der Waals surface area contributed by atoms with E-state index in [0.29, 0.717) is 6.42 Å². The van der Waals surface area contributed by atoms with Gasteiger partial charge in [-0.2, -0.15) is 0 Å². The van der Waals surface area contributed by atoms with Crippen molar-refractivity contribution in [1.29, 1.82) is 0 Å². The van der Waals surface area contributed by atoms with E-state index in [9.17, 15) is 9.18 Å². The molecule has 0 fully saturated rings. The standard InChI is InChI=1S/C9H16FNO/c1-2-3-4-5-6-7-8(10)9(11)12/h7H,2-6H2,1H3,(H2,11,12)/b8-7-. The number of nitrogens with two attached hydrogens (primary N) is 1. The van der Waals surface area contributed by atoms with Crippen molar-refractivity contribution in [2.24, 2.45) is 5.73 Å². The maximum atomic E-state index is 12.4. The van der Waals surface area contributed by atoms with Crippen LogP contribution in [-0.4, -0.2) is 5.91 Å². The predicted octanol–water partition coefficient (Wildman–Crippen LogP) is 2.30. The van der Waals surface area contributed by atoms with E-state index in [0.717, 1.165) is 25.7 Å². The average Bonchev–Trinajstić information content (AvgIpc) is 2.03. The fourth-order valence-corrected chi connectivity index (χ4v) is 0.900. The Morgan fingerprint density at radius 2 is 2.08 bits per heavy atom. The second-order valence-electron chi connectivity index (χ2n) is 2.77. The Morgan fingerprint density at radius 1 is 1.42 bits per heavy atom. The molecule has 0 spiro atoms. The van der Waals surface area contributed by atoms with Crippen LogP contribution in [0.15, 0.2) is 11.9 Å². The summed E-state index contributed by atoms with van der Waals surface area (Å²) in [4.78, 5) is 10.2. The van der Waals surface area contributed by atoms with Crippen molar-refractivity contribution in [3.05, 3.63) is 11.9 Å². The highest BCUT2D eigenvalue weighted by Crippen LogP contribution is 2.05. The van der Waals surface area contributed by atoms with Gasteiger partial charge in [0.1, 0.15) is 0 Å². The van der Waals surface area contributed by atoms with Gasteiger partial charge in [-0.05, 0) is 18.9 Å². The van der Waals surface area contributed by atoms with Crippen LogP contribution in [0.5, 0.6) is 0 Å². The summed E-state index contributed by atoms with van der Waals surface area (Å²) in [5.41, 5.74) is 4.69. The first-order chi connectivity index (χ1) is 5.68. The summed E-state index contributed by atoms with van der Waals surface area (Å²) in [5, 5.41) is 0. The molecule has 0 aromatic rings. The molecule has 0 radical (unpaired) electrons. The largest absolute Gasteiger partial charge is 0.364 e. The molecule has 0 aromatic carbocycles. The third kappa shape index (κ3) is 5.89. The lowest BCUT2D eigenvalue weighted by Crippen LogP contribution is -2.10. The average molecular weight is 173 g/mol. The number of carbonyl (C=O) groups excluding carboxylic acids is 1. The number of amides is 1. The van der Waals surface area contributed by atoms with Crippen molar-refractivity contribution in [1.82, 2.24) is 0 Å². The molecule has 0 saturated carbocycles. The summed E-state index contributed by atoms with van der Waals surface area (Å²) >= 11 is 0. The number of hydrogen-bond acceptors (Lipinski definition) is 1. The van der Waals surface area contributed by atoms with Crippen LogP contribution >= 0.6 is 0 Å². The molecule has 0 aliphatic carbocycles. The minimum atomic E-state index is -0.967. The monoisotopic (exact) mass is 173 g/mol. The van der Waals surface area contributed by atoms with Crippen LogP contribution in [0.25, 0.3) is 0 Å². The molecular formula is C9H16FNO. The molecule has 0 heterocycles. The molecule has 0 bridgehead atoms. The van der Waals surface area contributed by atoms with Gasteiger partial charge in [0.15, 0.2) is 5.83 Å². The van der Waals surface area contributed by atoms with Crippen LogP contribution in [0.4, 0.5) is 4.39 Å². The number of halogens is 1.